The van der Waals surface area contributed by atoms with E-state index in [-0.39, 0.29) is 6.04 Å². The third kappa shape index (κ3) is 5.00. The van der Waals surface area contributed by atoms with Crippen LogP contribution in [0.4, 0.5) is 0 Å². The Morgan fingerprint density at radius 3 is 2.59 bits per heavy atom. The number of piperidine rings is 1. The van der Waals surface area contributed by atoms with Crippen molar-refractivity contribution in [2.45, 2.75) is 51.1 Å². The molecule has 2 atom stereocenters. The first-order valence-corrected chi connectivity index (χ1v) is 11.3. The van der Waals surface area contributed by atoms with Gasteiger partial charge >= 0.3 is 0 Å². The molecule has 2 aromatic rings. The van der Waals surface area contributed by atoms with Gasteiger partial charge in [-0.2, -0.15) is 0 Å². The third-order valence-electron chi connectivity index (χ3n) is 6.55. The molecule has 4 rings (SSSR count). The van der Waals surface area contributed by atoms with Gasteiger partial charge in [0.25, 0.3) is 0 Å². The molecule has 29 heavy (non-hydrogen) atoms. The summed E-state index contributed by atoms with van der Waals surface area (Å²) in [4.78, 5) is 2.47. The van der Waals surface area contributed by atoms with Gasteiger partial charge in [-0.05, 0) is 86.6 Å². The van der Waals surface area contributed by atoms with Gasteiger partial charge in [-0.3, -0.25) is 4.90 Å². The number of nitrogens with two attached hydrogens (primary N) is 1. The Bertz CT molecular complexity index is 777. The van der Waals surface area contributed by atoms with E-state index in [0.29, 0.717) is 6.04 Å². The van der Waals surface area contributed by atoms with Crippen LogP contribution in [0.3, 0.4) is 0 Å². The molecule has 3 N–H and O–H groups in total. The van der Waals surface area contributed by atoms with Crippen molar-refractivity contribution in [3.8, 4) is 5.75 Å². The average molecular weight is 394 g/mol. The summed E-state index contributed by atoms with van der Waals surface area (Å²) in [6.45, 7) is 7.53. The van der Waals surface area contributed by atoms with Crippen LogP contribution in [0, 0.1) is 6.92 Å². The first kappa shape index (κ1) is 20.4. The fourth-order valence-corrected chi connectivity index (χ4v) is 4.75. The summed E-state index contributed by atoms with van der Waals surface area (Å²) < 4.78 is 5.94. The van der Waals surface area contributed by atoms with Gasteiger partial charge in [0.1, 0.15) is 12.4 Å². The van der Waals surface area contributed by atoms with Crippen molar-refractivity contribution in [1.29, 1.82) is 0 Å². The van der Waals surface area contributed by atoms with Gasteiger partial charge in [-0.25, -0.2) is 0 Å². The molecule has 4 heteroatoms. The molecule has 0 bridgehead atoms. The maximum atomic E-state index is 6.68. The lowest BCUT2D eigenvalue weighted by Gasteiger charge is -2.27. The van der Waals surface area contributed by atoms with Gasteiger partial charge in [-0.15, -0.1) is 0 Å². The van der Waals surface area contributed by atoms with Gasteiger partial charge in [-0.1, -0.05) is 36.8 Å². The van der Waals surface area contributed by atoms with E-state index in [0.717, 1.165) is 31.0 Å². The molecule has 0 spiro atoms. The summed E-state index contributed by atoms with van der Waals surface area (Å²) in [6.07, 6.45) is 6.44. The number of nitrogens with one attached hydrogen (secondary N) is 1. The molecular formula is C25H35N3O. The summed E-state index contributed by atoms with van der Waals surface area (Å²) in [5, 5.41) is 3.67. The Labute approximate surface area is 175 Å². The molecule has 2 fully saturated rings. The molecule has 2 aromatic carbocycles. The molecule has 156 valence electrons. The van der Waals surface area contributed by atoms with Gasteiger partial charge in [0.2, 0.25) is 0 Å². The van der Waals surface area contributed by atoms with Crippen LogP contribution in [0.5, 0.6) is 5.75 Å². The van der Waals surface area contributed by atoms with E-state index < -0.39 is 0 Å². The summed E-state index contributed by atoms with van der Waals surface area (Å²) in [6, 6.07) is 15.3. The second-order valence-corrected chi connectivity index (χ2v) is 8.51. The summed E-state index contributed by atoms with van der Waals surface area (Å²) in [5.41, 5.74) is 11.8. The number of nitrogens with zero attached hydrogens (tertiary/aromatic N) is 1. The lowest BCUT2D eigenvalue weighted by Crippen LogP contribution is -2.28. The van der Waals surface area contributed by atoms with Crippen molar-refractivity contribution in [2.24, 2.45) is 5.73 Å². The zero-order chi connectivity index (χ0) is 20.1. The molecule has 4 nitrogen and oxygen atoms in total. The highest BCUT2D eigenvalue weighted by molar-refractivity contribution is 5.43. The van der Waals surface area contributed by atoms with Gasteiger partial charge in [0.05, 0.1) is 6.04 Å². The third-order valence-corrected chi connectivity index (χ3v) is 6.55. The minimum atomic E-state index is -0.114. The van der Waals surface area contributed by atoms with Crippen LogP contribution in [0.2, 0.25) is 0 Å². The fourth-order valence-electron chi connectivity index (χ4n) is 4.75. The van der Waals surface area contributed by atoms with Crippen LogP contribution in [-0.4, -0.2) is 37.7 Å². The largest absolute Gasteiger partial charge is 0.492 e. The zero-order valence-corrected chi connectivity index (χ0v) is 17.7. The SMILES string of the molecule is Cc1c(C2CCCCN2)cccc1C(N)c1ccc(OCCN2CCCC2)cc1. The van der Waals surface area contributed by atoms with Gasteiger partial charge in [0.15, 0.2) is 0 Å². The Morgan fingerprint density at radius 2 is 1.86 bits per heavy atom. The van der Waals surface area contributed by atoms with Crippen LogP contribution in [0.15, 0.2) is 42.5 Å². The quantitative estimate of drug-likeness (QED) is 0.735. The Hall–Kier alpha value is -1.88. The molecule has 0 aromatic heterocycles. The maximum absolute atomic E-state index is 6.68. The van der Waals surface area contributed by atoms with Gasteiger partial charge < -0.3 is 15.8 Å². The highest BCUT2D eigenvalue weighted by Gasteiger charge is 2.20. The first-order chi connectivity index (χ1) is 14.2. The van der Waals surface area contributed by atoms with Crippen molar-refractivity contribution in [3.63, 3.8) is 0 Å². The number of rotatable bonds is 7. The lowest BCUT2D eigenvalue weighted by molar-refractivity contribution is 0.238. The van der Waals surface area contributed by atoms with Gasteiger partial charge in [0, 0.05) is 12.6 Å². The molecule has 2 heterocycles. The van der Waals surface area contributed by atoms with Crippen molar-refractivity contribution in [2.75, 3.05) is 32.8 Å². The minimum Gasteiger partial charge on any atom is -0.492 e. The lowest BCUT2D eigenvalue weighted by atomic mass is 9.88. The predicted molar refractivity (Wildman–Crippen MR) is 119 cm³/mol. The fraction of sp³-hybridized carbons (Fsp3) is 0.520. The van der Waals surface area contributed by atoms with E-state index in [1.54, 1.807) is 0 Å². The number of hydrogen-bond acceptors (Lipinski definition) is 4. The van der Waals surface area contributed by atoms with E-state index in [1.807, 2.05) is 0 Å². The molecule has 0 aliphatic carbocycles. The standard InChI is InChI=1S/C25H35N3O/c1-19-22(24-9-2-3-14-27-24)7-6-8-23(19)25(26)20-10-12-21(13-11-20)29-18-17-28-15-4-5-16-28/h6-8,10-13,24-25,27H,2-5,9,14-18,26H2,1H3. The van der Waals surface area contributed by atoms with E-state index in [2.05, 4.69) is 59.6 Å². The zero-order valence-electron chi connectivity index (χ0n) is 17.7. The molecule has 0 saturated carbocycles. The maximum Gasteiger partial charge on any atom is 0.119 e. The predicted octanol–water partition coefficient (Wildman–Crippen LogP) is 4.33. The molecule has 2 saturated heterocycles. The molecule has 0 radical (unpaired) electrons. The second kappa shape index (κ2) is 9.75. The average Bonchev–Trinajstić information content (AvgIpc) is 3.28. The number of likely N-dealkylation sites (tertiary alicyclic amines) is 1. The van der Waals surface area contributed by atoms with Crippen molar-refractivity contribution < 1.29 is 4.74 Å². The summed E-state index contributed by atoms with van der Waals surface area (Å²) >= 11 is 0. The smallest absolute Gasteiger partial charge is 0.119 e. The second-order valence-electron chi connectivity index (χ2n) is 8.51. The van der Waals surface area contributed by atoms with Crippen LogP contribution in [0.1, 0.15) is 66.4 Å². The van der Waals surface area contributed by atoms with Crippen LogP contribution in [0.25, 0.3) is 0 Å². The highest BCUT2D eigenvalue weighted by Crippen LogP contribution is 2.31. The van der Waals surface area contributed by atoms with Crippen molar-refractivity contribution in [1.82, 2.24) is 10.2 Å². The molecular weight excluding hydrogens is 358 g/mol. The number of benzene rings is 2. The molecule has 0 amide bonds. The Balaban J connectivity index is 1.40. The Morgan fingerprint density at radius 1 is 1.07 bits per heavy atom. The van der Waals surface area contributed by atoms with Crippen molar-refractivity contribution in [3.05, 3.63) is 64.7 Å². The normalized spacial score (nSPS) is 21.2. The van der Waals surface area contributed by atoms with E-state index >= 15 is 0 Å². The van der Waals surface area contributed by atoms with Crippen LogP contribution in [-0.2, 0) is 0 Å². The first-order valence-electron chi connectivity index (χ1n) is 11.3. The molecule has 2 unspecified atom stereocenters. The Kier molecular flexibility index (Phi) is 6.86. The van der Waals surface area contributed by atoms with Crippen LogP contribution < -0.4 is 15.8 Å². The summed E-state index contributed by atoms with van der Waals surface area (Å²) in [5.74, 6) is 0.928. The number of hydrogen-bond donors (Lipinski definition) is 2. The molecule has 2 aliphatic heterocycles. The van der Waals surface area contributed by atoms with E-state index in [4.69, 9.17) is 10.5 Å². The minimum absolute atomic E-state index is 0.114. The van der Waals surface area contributed by atoms with Crippen LogP contribution >= 0.6 is 0 Å². The van der Waals surface area contributed by atoms with E-state index in [9.17, 15) is 0 Å². The summed E-state index contributed by atoms with van der Waals surface area (Å²) in [7, 11) is 0. The monoisotopic (exact) mass is 393 g/mol. The van der Waals surface area contributed by atoms with E-state index in [1.165, 1.54) is 61.9 Å². The topological polar surface area (TPSA) is 50.5 Å². The number of ether oxygens (including phenoxy) is 1. The highest BCUT2D eigenvalue weighted by atomic mass is 16.5. The molecule has 2 aliphatic rings. The van der Waals surface area contributed by atoms with Crippen molar-refractivity contribution >= 4 is 0 Å².